The van der Waals surface area contributed by atoms with Crippen molar-refractivity contribution < 1.29 is 27.1 Å². The zero-order valence-electron chi connectivity index (χ0n) is 12.9. The predicted octanol–water partition coefficient (Wildman–Crippen LogP) is 2.72. The summed E-state index contributed by atoms with van der Waals surface area (Å²) in [5.41, 5.74) is 0. The van der Waals surface area contributed by atoms with Crippen molar-refractivity contribution in [2.24, 2.45) is 0 Å². The number of furan rings is 1. The van der Waals surface area contributed by atoms with E-state index in [1.165, 1.54) is 24.3 Å². The minimum absolute atomic E-state index is 0.0840. The standard InChI is InChI=1S/C16H14BrNO6S/c17-15-6-2-11(24-15)3-7-16(19)18-25(20,21)12-4-5-13-14(10-12)23-9-1-8-22-13/h2-7,10H,1,8-9H2,(H,18,19). The average molecular weight is 428 g/mol. The maximum absolute atomic E-state index is 12.3. The molecule has 3 rings (SSSR count). The molecule has 1 aromatic carbocycles. The zero-order valence-corrected chi connectivity index (χ0v) is 15.3. The molecule has 0 aliphatic carbocycles. The van der Waals surface area contributed by atoms with Crippen LogP contribution in [0.1, 0.15) is 12.2 Å². The smallest absolute Gasteiger partial charge is 0.264 e. The lowest BCUT2D eigenvalue weighted by Gasteiger charge is -2.10. The first-order valence-electron chi connectivity index (χ1n) is 7.34. The number of sulfonamides is 1. The second-order valence-corrected chi connectivity index (χ2v) is 7.57. The molecule has 1 amide bonds. The number of hydrogen-bond donors (Lipinski definition) is 1. The molecular formula is C16H14BrNO6S. The Hall–Kier alpha value is -2.26. The van der Waals surface area contributed by atoms with Gasteiger partial charge in [0.15, 0.2) is 16.2 Å². The number of amides is 1. The van der Waals surface area contributed by atoms with Crippen molar-refractivity contribution in [2.45, 2.75) is 11.3 Å². The van der Waals surface area contributed by atoms with Gasteiger partial charge in [0.2, 0.25) is 0 Å². The molecule has 1 aliphatic heterocycles. The van der Waals surface area contributed by atoms with Gasteiger partial charge in [-0.05, 0) is 46.3 Å². The fourth-order valence-corrected chi connectivity index (χ4v) is 3.39. The SMILES string of the molecule is O=C(C=Cc1ccc(Br)o1)NS(=O)(=O)c1ccc2c(c1)OCCCO2. The highest BCUT2D eigenvalue weighted by atomic mass is 79.9. The van der Waals surface area contributed by atoms with Crippen LogP contribution >= 0.6 is 15.9 Å². The van der Waals surface area contributed by atoms with E-state index in [4.69, 9.17) is 13.9 Å². The normalized spacial score (nSPS) is 14.3. The number of hydrogen-bond acceptors (Lipinski definition) is 6. The number of carbonyl (C=O) groups excluding carboxylic acids is 1. The Balaban J connectivity index is 1.74. The van der Waals surface area contributed by atoms with E-state index >= 15 is 0 Å². The lowest BCUT2D eigenvalue weighted by molar-refractivity contribution is -0.114. The van der Waals surface area contributed by atoms with Gasteiger partial charge in [0.25, 0.3) is 15.9 Å². The third-order valence-corrected chi connectivity index (χ3v) is 5.03. The molecule has 0 saturated carbocycles. The van der Waals surface area contributed by atoms with E-state index in [1.54, 1.807) is 12.1 Å². The molecule has 0 atom stereocenters. The fraction of sp³-hybridized carbons (Fsp3) is 0.188. The zero-order chi connectivity index (χ0) is 17.9. The molecule has 0 radical (unpaired) electrons. The highest BCUT2D eigenvalue weighted by Crippen LogP contribution is 2.31. The molecule has 0 fully saturated rings. The summed E-state index contributed by atoms with van der Waals surface area (Å²) in [6, 6.07) is 7.49. The van der Waals surface area contributed by atoms with Crippen molar-refractivity contribution in [1.82, 2.24) is 4.72 Å². The van der Waals surface area contributed by atoms with Gasteiger partial charge in [-0.2, -0.15) is 0 Å². The Morgan fingerprint density at radius 1 is 1.12 bits per heavy atom. The summed E-state index contributed by atoms with van der Waals surface area (Å²) < 4.78 is 43.3. The number of nitrogens with one attached hydrogen (secondary N) is 1. The van der Waals surface area contributed by atoms with Gasteiger partial charge in [-0.25, -0.2) is 13.1 Å². The maximum Gasteiger partial charge on any atom is 0.264 e. The number of rotatable bonds is 4. The molecule has 7 nitrogen and oxygen atoms in total. The van der Waals surface area contributed by atoms with E-state index in [1.807, 2.05) is 4.72 Å². The molecule has 0 bridgehead atoms. The highest BCUT2D eigenvalue weighted by molar-refractivity contribution is 9.10. The Bertz CT molecular complexity index is 918. The monoisotopic (exact) mass is 427 g/mol. The van der Waals surface area contributed by atoms with Crippen LogP contribution in [0.15, 0.2) is 50.4 Å². The third-order valence-electron chi connectivity index (χ3n) is 3.26. The molecule has 0 spiro atoms. The number of halogens is 1. The maximum atomic E-state index is 12.3. The van der Waals surface area contributed by atoms with Gasteiger partial charge in [0, 0.05) is 18.6 Å². The number of carbonyl (C=O) groups is 1. The van der Waals surface area contributed by atoms with Crippen molar-refractivity contribution in [3.05, 3.63) is 46.8 Å². The van der Waals surface area contributed by atoms with Gasteiger partial charge in [-0.15, -0.1) is 0 Å². The first-order chi connectivity index (χ1) is 11.9. The summed E-state index contributed by atoms with van der Waals surface area (Å²) >= 11 is 3.14. The lowest BCUT2D eigenvalue weighted by atomic mass is 10.3. The van der Waals surface area contributed by atoms with Crippen LogP contribution in [0.5, 0.6) is 11.5 Å². The average Bonchev–Trinajstić information content (AvgIpc) is 2.84. The van der Waals surface area contributed by atoms with Crippen molar-refractivity contribution in [3.63, 3.8) is 0 Å². The molecule has 132 valence electrons. The summed E-state index contributed by atoms with van der Waals surface area (Å²) in [4.78, 5) is 11.8. The fourth-order valence-electron chi connectivity index (χ4n) is 2.11. The van der Waals surface area contributed by atoms with Crippen LogP contribution in [0, 0.1) is 0 Å². The van der Waals surface area contributed by atoms with Crippen molar-refractivity contribution in [1.29, 1.82) is 0 Å². The van der Waals surface area contributed by atoms with Crippen LogP contribution < -0.4 is 14.2 Å². The summed E-state index contributed by atoms with van der Waals surface area (Å²) in [5.74, 6) is 0.435. The Labute approximate surface area is 152 Å². The van der Waals surface area contributed by atoms with Crippen LogP contribution in [-0.4, -0.2) is 27.5 Å². The van der Waals surface area contributed by atoms with Gasteiger partial charge in [0.05, 0.1) is 18.1 Å². The molecule has 9 heteroatoms. The minimum atomic E-state index is -4.03. The first-order valence-corrected chi connectivity index (χ1v) is 9.61. The molecule has 2 heterocycles. The largest absolute Gasteiger partial charge is 0.490 e. The van der Waals surface area contributed by atoms with Crippen LogP contribution in [0.2, 0.25) is 0 Å². The van der Waals surface area contributed by atoms with Crippen LogP contribution in [0.3, 0.4) is 0 Å². The second kappa shape index (κ2) is 7.32. The van der Waals surface area contributed by atoms with E-state index < -0.39 is 15.9 Å². The predicted molar refractivity (Wildman–Crippen MR) is 92.8 cm³/mol. The van der Waals surface area contributed by atoms with E-state index in [0.717, 1.165) is 6.08 Å². The molecule has 2 aromatic rings. The Morgan fingerprint density at radius 2 is 1.88 bits per heavy atom. The molecule has 25 heavy (non-hydrogen) atoms. The van der Waals surface area contributed by atoms with Gasteiger partial charge >= 0.3 is 0 Å². The van der Waals surface area contributed by atoms with Gasteiger partial charge in [-0.1, -0.05) is 0 Å². The van der Waals surface area contributed by atoms with Crippen molar-refractivity contribution >= 4 is 37.9 Å². The van der Waals surface area contributed by atoms with E-state index in [2.05, 4.69) is 15.9 Å². The number of benzene rings is 1. The quantitative estimate of drug-likeness (QED) is 0.753. The summed E-state index contributed by atoms with van der Waals surface area (Å²) in [6.45, 7) is 0.938. The van der Waals surface area contributed by atoms with Gasteiger partial charge in [-0.3, -0.25) is 4.79 Å². The van der Waals surface area contributed by atoms with Crippen molar-refractivity contribution in [2.75, 3.05) is 13.2 Å². The minimum Gasteiger partial charge on any atom is -0.490 e. The first kappa shape index (κ1) is 17.6. The molecule has 0 saturated heterocycles. The third kappa shape index (κ3) is 4.43. The molecule has 1 aliphatic rings. The van der Waals surface area contributed by atoms with E-state index in [9.17, 15) is 13.2 Å². The van der Waals surface area contributed by atoms with Gasteiger partial charge in [0.1, 0.15) is 5.76 Å². The molecule has 1 N–H and O–H groups in total. The second-order valence-electron chi connectivity index (χ2n) is 5.10. The van der Waals surface area contributed by atoms with Crippen molar-refractivity contribution in [3.8, 4) is 11.5 Å². The molecule has 0 unspecified atom stereocenters. The summed E-state index contributed by atoms with van der Waals surface area (Å²) in [6.07, 6.45) is 3.15. The van der Waals surface area contributed by atoms with Crippen LogP contribution in [-0.2, 0) is 14.8 Å². The number of fused-ring (bicyclic) bond motifs is 1. The van der Waals surface area contributed by atoms with Crippen LogP contribution in [0.4, 0.5) is 0 Å². The lowest BCUT2D eigenvalue weighted by Crippen LogP contribution is -2.29. The van der Waals surface area contributed by atoms with Gasteiger partial charge < -0.3 is 13.9 Å². The number of ether oxygens (including phenoxy) is 2. The Morgan fingerprint density at radius 3 is 2.60 bits per heavy atom. The van der Waals surface area contributed by atoms with Crippen LogP contribution in [0.25, 0.3) is 6.08 Å². The molecular weight excluding hydrogens is 414 g/mol. The highest BCUT2D eigenvalue weighted by Gasteiger charge is 2.20. The Kier molecular flexibility index (Phi) is 5.14. The van der Waals surface area contributed by atoms with E-state index in [0.29, 0.717) is 41.6 Å². The summed E-state index contributed by atoms with van der Waals surface area (Å²) in [5, 5.41) is 0. The topological polar surface area (TPSA) is 94.8 Å². The van der Waals surface area contributed by atoms with E-state index in [-0.39, 0.29) is 4.90 Å². The summed E-state index contributed by atoms with van der Waals surface area (Å²) in [7, 11) is -4.03. The molecule has 1 aromatic heterocycles.